The van der Waals surface area contributed by atoms with Crippen molar-refractivity contribution < 1.29 is 9.90 Å². The molecule has 0 bridgehead atoms. The van der Waals surface area contributed by atoms with Crippen molar-refractivity contribution in [2.75, 3.05) is 5.32 Å². The Morgan fingerprint density at radius 3 is 2.72 bits per heavy atom. The average Bonchev–Trinajstić information content (AvgIpc) is 3.16. The SMILES string of the molecule is Cc1cccc(CNc2ccc(-c3ccc4c(c3)c(C(=O)O)nn4CCCC#N)cn2)c1. The summed E-state index contributed by atoms with van der Waals surface area (Å²) in [6, 6.07) is 19.9. The summed E-state index contributed by atoms with van der Waals surface area (Å²) in [5.41, 5.74) is 4.93. The number of carboxylic acids is 1. The number of carbonyl (C=O) groups is 1. The number of aromatic carboxylic acids is 1. The molecule has 7 heteroatoms. The monoisotopic (exact) mass is 425 g/mol. The Hall–Kier alpha value is -4.18. The number of nitriles is 1. The van der Waals surface area contributed by atoms with Gasteiger partial charge in [-0.1, -0.05) is 35.9 Å². The third-order valence-corrected chi connectivity index (χ3v) is 5.26. The van der Waals surface area contributed by atoms with Gasteiger partial charge < -0.3 is 10.4 Å². The van der Waals surface area contributed by atoms with Crippen LogP contribution >= 0.6 is 0 Å². The maximum absolute atomic E-state index is 11.7. The van der Waals surface area contributed by atoms with Crippen molar-refractivity contribution in [3.05, 3.63) is 77.6 Å². The zero-order valence-electron chi connectivity index (χ0n) is 17.7. The first kappa shape index (κ1) is 21.1. The quantitative estimate of drug-likeness (QED) is 0.384. The van der Waals surface area contributed by atoms with E-state index < -0.39 is 5.97 Å². The molecular formula is C25H23N5O2. The maximum Gasteiger partial charge on any atom is 0.357 e. The van der Waals surface area contributed by atoms with Gasteiger partial charge in [-0.05, 0) is 48.7 Å². The molecule has 0 amide bonds. The highest BCUT2D eigenvalue weighted by Gasteiger charge is 2.17. The molecule has 0 fully saturated rings. The summed E-state index contributed by atoms with van der Waals surface area (Å²) in [6.45, 7) is 3.26. The number of hydrogen-bond acceptors (Lipinski definition) is 5. The van der Waals surface area contributed by atoms with E-state index in [2.05, 4.69) is 46.6 Å². The Morgan fingerprint density at radius 1 is 1.16 bits per heavy atom. The number of unbranched alkanes of at least 4 members (excludes halogenated alkanes) is 1. The molecule has 0 spiro atoms. The van der Waals surface area contributed by atoms with Gasteiger partial charge in [-0.2, -0.15) is 10.4 Å². The molecule has 0 saturated carbocycles. The van der Waals surface area contributed by atoms with Crippen LogP contribution in [0.5, 0.6) is 0 Å². The lowest BCUT2D eigenvalue weighted by Crippen LogP contribution is -2.03. The maximum atomic E-state index is 11.7. The summed E-state index contributed by atoms with van der Waals surface area (Å²) in [5.74, 6) is -0.298. The third-order valence-electron chi connectivity index (χ3n) is 5.26. The Kier molecular flexibility index (Phi) is 6.13. The molecule has 0 aliphatic heterocycles. The third kappa shape index (κ3) is 4.60. The summed E-state index contributed by atoms with van der Waals surface area (Å²) in [5, 5.41) is 26.5. The average molecular weight is 425 g/mol. The highest BCUT2D eigenvalue weighted by molar-refractivity contribution is 6.02. The number of nitrogens with zero attached hydrogens (tertiary/aromatic N) is 4. The second-order valence-corrected chi connectivity index (χ2v) is 7.65. The molecule has 2 N–H and O–H groups in total. The molecule has 0 radical (unpaired) electrons. The van der Waals surface area contributed by atoms with Gasteiger partial charge in [0.25, 0.3) is 0 Å². The van der Waals surface area contributed by atoms with Crippen LogP contribution in [-0.2, 0) is 13.1 Å². The van der Waals surface area contributed by atoms with Crippen molar-refractivity contribution >= 4 is 22.7 Å². The Balaban J connectivity index is 1.55. The van der Waals surface area contributed by atoms with E-state index in [1.54, 1.807) is 10.9 Å². The largest absolute Gasteiger partial charge is 0.476 e. The topological polar surface area (TPSA) is 104 Å². The van der Waals surface area contributed by atoms with Crippen molar-refractivity contribution in [1.29, 1.82) is 5.26 Å². The fourth-order valence-electron chi connectivity index (χ4n) is 3.68. The number of aromatic nitrogens is 3. The predicted octanol–water partition coefficient (Wildman–Crippen LogP) is 5.02. The van der Waals surface area contributed by atoms with E-state index in [0.717, 1.165) is 22.5 Å². The number of aryl methyl sites for hydroxylation is 2. The molecule has 0 atom stereocenters. The molecule has 4 rings (SSSR count). The Labute approximate surface area is 186 Å². The predicted molar refractivity (Wildman–Crippen MR) is 123 cm³/mol. The van der Waals surface area contributed by atoms with Crippen LogP contribution in [0.1, 0.15) is 34.5 Å². The van der Waals surface area contributed by atoms with Crippen LogP contribution in [0.2, 0.25) is 0 Å². The van der Waals surface area contributed by atoms with Gasteiger partial charge in [0.15, 0.2) is 5.69 Å². The van der Waals surface area contributed by atoms with Crippen LogP contribution in [0.25, 0.3) is 22.0 Å². The minimum absolute atomic E-state index is 0.0169. The summed E-state index contributed by atoms with van der Waals surface area (Å²) >= 11 is 0. The second kappa shape index (κ2) is 9.31. The molecule has 0 aliphatic rings. The fourth-order valence-corrected chi connectivity index (χ4v) is 3.68. The second-order valence-electron chi connectivity index (χ2n) is 7.65. The number of rotatable bonds is 8. The summed E-state index contributed by atoms with van der Waals surface area (Å²) in [7, 11) is 0. The molecular weight excluding hydrogens is 402 g/mol. The summed E-state index contributed by atoms with van der Waals surface area (Å²) in [4.78, 5) is 16.2. The molecule has 0 unspecified atom stereocenters. The number of pyridine rings is 1. The Morgan fingerprint density at radius 2 is 2.00 bits per heavy atom. The smallest absolute Gasteiger partial charge is 0.357 e. The molecule has 2 aromatic heterocycles. The number of carboxylic acid groups (broad SMARTS) is 1. The highest BCUT2D eigenvalue weighted by Crippen LogP contribution is 2.27. The van der Waals surface area contributed by atoms with Gasteiger partial charge in [0, 0.05) is 36.7 Å². The van der Waals surface area contributed by atoms with E-state index in [-0.39, 0.29) is 5.69 Å². The number of hydrogen-bond donors (Lipinski definition) is 2. The molecule has 7 nitrogen and oxygen atoms in total. The van der Waals surface area contributed by atoms with Crippen LogP contribution in [0.15, 0.2) is 60.8 Å². The zero-order valence-corrected chi connectivity index (χ0v) is 17.7. The molecule has 4 aromatic rings. The van der Waals surface area contributed by atoms with Crippen molar-refractivity contribution in [3.63, 3.8) is 0 Å². The standard InChI is InChI=1S/C25H23N5O2/c1-17-5-4-6-18(13-17)15-27-23-10-8-20(16-28-23)19-7-9-22-21(14-19)24(25(31)32)29-30(22)12-3-2-11-26/h4-10,13-14,16H,2-3,12,15H2,1H3,(H,27,28)(H,31,32). The van der Waals surface area contributed by atoms with Crippen LogP contribution in [0.4, 0.5) is 5.82 Å². The molecule has 32 heavy (non-hydrogen) atoms. The lowest BCUT2D eigenvalue weighted by molar-refractivity contribution is 0.0691. The van der Waals surface area contributed by atoms with E-state index in [0.29, 0.717) is 31.3 Å². The first-order chi connectivity index (χ1) is 15.5. The molecule has 0 saturated heterocycles. The molecule has 2 heterocycles. The van der Waals surface area contributed by atoms with Gasteiger partial charge in [0.05, 0.1) is 11.6 Å². The lowest BCUT2D eigenvalue weighted by Gasteiger charge is -2.08. The van der Waals surface area contributed by atoms with Crippen LogP contribution in [-0.4, -0.2) is 25.8 Å². The van der Waals surface area contributed by atoms with Crippen LogP contribution in [0, 0.1) is 18.3 Å². The van der Waals surface area contributed by atoms with E-state index in [4.69, 9.17) is 5.26 Å². The van der Waals surface area contributed by atoms with Gasteiger partial charge >= 0.3 is 5.97 Å². The van der Waals surface area contributed by atoms with Gasteiger partial charge in [-0.15, -0.1) is 0 Å². The van der Waals surface area contributed by atoms with E-state index in [1.165, 1.54) is 11.1 Å². The van der Waals surface area contributed by atoms with Gasteiger partial charge in [0.2, 0.25) is 0 Å². The van der Waals surface area contributed by atoms with Crippen molar-refractivity contribution in [2.45, 2.75) is 32.9 Å². The van der Waals surface area contributed by atoms with E-state index in [1.807, 2.05) is 36.4 Å². The normalized spacial score (nSPS) is 10.8. The molecule has 160 valence electrons. The Bertz CT molecular complexity index is 1300. The molecule has 0 aliphatic carbocycles. The number of benzene rings is 2. The highest BCUT2D eigenvalue weighted by atomic mass is 16.4. The van der Waals surface area contributed by atoms with Gasteiger partial charge in [0.1, 0.15) is 5.82 Å². The van der Waals surface area contributed by atoms with Crippen LogP contribution < -0.4 is 5.32 Å². The lowest BCUT2D eigenvalue weighted by atomic mass is 10.0. The molecule has 2 aromatic carbocycles. The summed E-state index contributed by atoms with van der Waals surface area (Å²) < 4.78 is 1.66. The minimum Gasteiger partial charge on any atom is -0.476 e. The first-order valence-electron chi connectivity index (χ1n) is 10.4. The van der Waals surface area contributed by atoms with Crippen LogP contribution in [0.3, 0.4) is 0 Å². The summed E-state index contributed by atoms with van der Waals surface area (Å²) in [6.07, 6.45) is 2.80. The van der Waals surface area contributed by atoms with Crippen molar-refractivity contribution in [3.8, 4) is 17.2 Å². The number of nitrogens with one attached hydrogen (secondary N) is 1. The van der Waals surface area contributed by atoms with Gasteiger partial charge in [-0.3, -0.25) is 4.68 Å². The van der Waals surface area contributed by atoms with Gasteiger partial charge in [-0.25, -0.2) is 9.78 Å². The van der Waals surface area contributed by atoms with E-state index >= 15 is 0 Å². The van der Waals surface area contributed by atoms with E-state index in [9.17, 15) is 9.90 Å². The number of anilines is 1. The first-order valence-corrected chi connectivity index (χ1v) is 10.4. The van der Waals surface area contributed by atoms with Crippen molar-refractivity contribution in [1.82, 2.24) is 14.8 Å². The minimum atomic E-state index is -1.07. The number of fused-ring (bicyclic) bond motifs is 1. The van der Waals surface area contributed by atoms with Crippen molar-refractivity contribution in [2.24, 2.45) is 0 Å². The fraction of sp³-hybridized carbons (Fsp3) is 0.200. The zero-order chi connectivity index (χ0) is 22.5.